The number of ether oxygens (including phenoxy) is 1. The minimum Gasteiger partial charge on any atom is -0.360 e. The zero-order valence-electron chi connectivity index (χ0n) is 17.8. The third-order valence-corrected chi connectivity index (χ3v) is 7.97. The van der Waals surface area contributed by atoms with E-state index in [0.717, 1.165) is 44.9 Å². The van der Waals surface area contributed by atoms with Gasteiger partial charge in [-0.05, 0) is 17.7 Å². The second kappa shape index (κ2) is 7.70. The highest BCUT2D eigenvalue weighted by Crippen LogP contribution is 2.25. The fourth-order valence-electron chi connectivity index (χ4n) is 3.63. The van der Waals surface area contributed by atoms with Gasteiger partial charge in [-0.25, -0.2) is 14.3 Å². The number of nitrogens with one attached hydrogen (secondary N) is 1. The summed E-state index contributed by atoms with van der Waals surface area (Å²) >= 11 is 1.50. The first-order valence-corrected chi connectivity index (χ1v) is 14.8. The van der Waals surface area contributed by atoms with Gasteiger partial charge in [-0.2, -0.15) is 10.2 Å². The van der Waals surface area contributed by atoms with Crippen LogP contribution < -0.4 is 5.56 Å². The van der Waals surface area contributed by atoms with Crippen molar-refractivity contribution in [1.82, 2.24) is 29.5 Å². The van der Waals surface area contributed by atoms with Crippen LogP contribution in [0.3, 0.4) is 0 Å². The summed E-state index contributed by atoms with van der Waals surface area (Å²) in [4.78, 5) is 20.4. The number of aromatic nitrogens is 6. The lowest BCUT2D eigenvalue weighted by atomic mass is 10.1. The third-order valence-electron chi connectivity index (χ3n) is 5.41. The molecule has 0 spiro atoms. The van der Waals surface area contributed by atoms with Crippen molar-refractivity contribution in [3.05, 3.63) is 52.0 Å². The van der Waals surface area contributed by atoms with E-state index < -0.39 is 8.07 Å². The maximum atomic E-state index is 13.0. The van der Waals surface area contributed by atoms with Gasteiger partial charge in [0.2, 0.25) is 0 Å². The van der Waals surface area contributed by atoms with Crippen molar-refractivity contribution >= 4 is 51.6 Å². The number of H-pyrrole nitrogens is 1. The van der Waals surface area contributed by atoms with Crippen molar-refractivity contribution in [3.63, 3.8) is 0 Å². The van der Waals surface area contributed by atoms with E-state index in [-0.39, 0.29) is 5.56 Å². The monoisotopic (exact) mass is 452 g/mol. The van der Waals surface area contributed by atoms with Crippen molar-refractivity contribution in [1.29, 1.82) is 0 Å². The van der Waals surface area contributed by atoms with Crippen LogP contribution in [0.1, 0.15) is 5.56 Å². The molecule has 0 aliphatic rings. The molecule has 0 fully saturated rings. The normalized spacial score (nSPS) is 12.5. The Hall–Kier alpha value is -2.82. The van der Waals surface area contributed by atoms with Gasteiger partial charge in [0.05, 0.1) is 34.7 Å². The minimum atomic E-state index is -1.12. The number of benzene rings is 1. The van der Waals surface area contributed by atoms with Crippen LogP contribution in [-0.4, -0.2) is 44.2 Å². The van der Waals surface area contributed by atoms with E-state index in [1.165, 1.54) is 16.0 Å². The Morgan fingerprint density at radius 1 is 1.13 bits per heavy atom. The first-order chi connectivity index (χ1) is 14.9. The van der Waals surface area contributed by atoms with E-state index >= 15 is 0 Å². The average molecular weight is 453 g/mol. The fourth-order valence-corrected chi connectivity index (χ4v) is 5.15. The lowest BCUT2D eigenvalue weighted by Gasteiger charge is -2.15. The second-order valence-electron chi connectivity index (χ2n) is 8.89. The highest BCUT2D eigenvalue weighted by molar-refractivity contribution is 7.17. The summed E-state index contributed by atoms with van der Waals surface area (Å²) in [5, 5.41) is 10.7. The smallest absolute Gasteiger partial charge is 0.291 e. The van der Waals surface area contributed by atoms with E-state index in [9.17, 15) is 4.79 Å². The molecule has 0 radical (unpaired) electrons. The lowest BCUT2D eigenvalue weighted by molar-refractivity contribution is 0.0817. The Balaban J connectivity index is 1.41. The molecular weight excluding hydrogens is 428 g/mol. The van der Waals surface area contributed by atoms with E-state index in [1.807, 2.05) is 29.1 Å². The van der Waals surface area contributed by atoms with Gasteiger partial charge in [-0.15, -0.1) is 11.3 Å². The molecule has 0 bridgehead atoms. The summed E-state index contributed by atoms with van der Waals surface area (Å²) in [7, 11) is -1.12. The van der Waals surface area contributed by atoms with Crippen molar-refractivity contribution in [2.24, 2.45) is 0 Å². The van der Waals surface area contributed by atoms with Crippen molar-refractivity contribution in [2.75, 3.05) is 6.61 Å². The Bertz CT molecular complexity index is 1440. The predicted octanol–water partition coefficient (Wildman–Crippen LogP) is 4.04. The first-order valence-electron chi connectivity index (χ1n) is 10.2. The molecule has 0 saturated heterocycles. The number of hydrogen-bond donors (Lipinski definition) is 1. The molecular formula is C21H24N6O2SSi. The number of rotatable bonds is 7. The molecule has 0 aliphatic carbocycles. The zero-order chi connectivity index (χ0) is 21.6. The summed E-state index contributed by atoms with van der Waals surface area (Å²) < 4.78 is 10.2. The Morgan fingerprint density at radius 3 is 2.77 bits per heavy atom. The largest absolute Gasteiger partial charge is 0.360 e. The summed E-state index contributed by atoms with van der Waals surface area (Å²) in [5.74, 6) is 0. The lowest BCUT2D eigenvalue weighted by Crippen LogP contribution is -2.23. The van der Waals surface area contributed by atoms with Crippen molar-refractivity contribution in [3.8, 4) is 0 Å². The Morgan fingerprint density at radius 2 is 1.94 bits per heavy atom. The van der Waals surface area contributed by atoms with Gasteiger partial charge in [-0.3, -0.25) is 4.79 Å². The van der Waals surface area contributed by atoms with E-state index in [2.05, 4.69) is 39.8 Å². The molecule has 5 aromatic rings. The van der Waals surface area contributed by atoms with Crippen LogP contribution in [0.15, 0.2) is 40.9 Å². The third kappa shape index (κ3) is 3.82. The fraction of sp³-hybridized carbons (Fsp3) is 0.333. The molecule has 0 unspecified atom stereocenters. The highest BCUT2D eigenvalue weighted by atomic mass is 32.1. The minimum absolute atomic E-state index is 0.151. The van der Waals surface area contributed by atoms with Crippen LogP contribution in [0.25, 0.3) is 32.2 Å². The summed E-state index contributed by atoms with van der Waals surface area (Å²) in [6.45, 7) is 8.56. The second-order valence-corrected chi connectivity index (χ2v) is 15.4. The Labute approximate surface area is 183 Å². The standard InChI is InChI=1S/C21H24N6O2SSi/c1-31(2,3)8-7-29-13-27-17-6-4-5-14(15(17)9-24-27)11-26-21(28)18-16(10-23-26)19-20(25-18)22-12-30-19/h4-6,9-10,12,25H,7-8,11,13H2,1-3H3. The van der Waals surface area contributed by atoms with Gasteiger partial charge in [-0.1, -0.05) is 31.8 Å². The van der Waals surface area contributed by atoms with Gasteiger partial charge < -0.3 is 9.72 Å². The number of nitrogens with zero attached hydrogens (tertiary/aromatic N) is 5. The average Bonchev–Trinajstić information content (AvgIpc) is 3.42. The quantitative estimate of drug-likeness (QED) is 0.297. The number of fused-ring (bicyclic) bond motifs is 4. The van der Waals surface area contributed by atoms with Crippen LogP contribution in [0.2, 0.25) is 25.7 Å². The van der Waals surface area contributed by atoms with Crippen LogP contribution >= 0.6 is 11.3 Å². The number of thiazole rings is 1. The van der Waals surface area contributed by atoms with Crippen molar-refractivity contribution < 1.29 is 4.74 Å². The zero-order valence-corrected chi connectivity index (χ0v) is 19.6. The Kier molecular flexibility index (Phi) is 4.99. The number of hydrogen-bond acceptors (Lipinski definition) is 6. The predicted molar refractivity (Wildman–Crippen MR) is 126 cm³/mol. The van der Waals surface area contributed by atoms with Gasteiger partial charge >= 0.3 is 0 Å². The number of aromatic amines is 1. The molecule has 0 aliphatic heterocycles. The van der Waals surface area contributed by atoms with E-state index in [0.29, 0.717) is 18.8 Å². The van der Waals surface area contributed by atoms with Crippen LogP contribution in [0.5, 0.6) is 0 Å². The molecule has 8 nitrogen and oxygen atoms in total. The summed E-state index contributed by atoms with van der Waals surface area (Å²) in [6.07, 6.45) is 3.58. The van der Waals surface area contributed by atoms with Crippen LogP contribution in [0.4, 0.5) is 0 Å². The van der Waals surface area contributed by atoms with E-state index in [4.69, 9.17) is 4.74 Å². The van der Waals surface area contributed by atoms with Crippen molar-refractivity contribution in [2.45, 2.75) is 39.0 Å². The molecule has 160 valence electrons. The van der Waals surface area contributed by atoms with E-state index in [1.54, 1.807) is 11.7 Å². The molecule has 0 saturated carbocycles. The molecule has 10 heteroatoms. The maximum absolute atomic E-state index is 13.0. The molecule has 0 atom stereocenters. The maximum Gasteiger partial charge on any atom is 0.291 e. The summed E-state index contributed by atoms with van der Waals surface area (Å²) in [6, 6.07) is 7.14. The molecule has 1 aromatic carbocycles. The molecule has 4 aromatic heterocycles. The molecule has 0 amide bonds. The molecule has 1 N–H and O–H groups in total. The van der Waals surface area contributed by atoms with Gasteiger partial charge in [0.25, 0.3) is 5.56 Å². The first kappa shape index (κ1) is 20.1. The SMILES string of the molecule is C[Si](C)(C)CCOCn1ncc2c(Cn3ncc4c([nH]c5ncsc54)c3=O)cccc21. The topological polar surface area (TPSA) is 90.6 Å². The van der Waals surface area contributed by atoms with Crippen LogP contribution in [-0.2, 0) is 18.0 Å². The van der Waals surface area contributed by atoms with Gasteiger partial charge in [0.15, 0.2) is 0 Å². The van der Waals surface area contributed by atoms with Gasteiger partial charge in [0, 0.05) is 25.5 Å². The van der Waals surface area contributed by atoms with Crippen LogP contribution in [0, 0.1) is 0 Å². The molecule has 31 heavy (non-hydrogen) atoms. The molecule has 5 rings (SSSR count). The summed E-state index contributed by atoms with van der Waals surface area (Å²) in [5.41, 5.74) is 4.87. The molecule has 4 heterocycles. The highest BCUT2D eigenvalue weighted by Gasteiger charge is 2.15. The van der Waals surface area contributed by atoms with Gasteiger partial charge in [0.1, 0.15) is 17.9 Å².